The maximum atomic E-state index is 11.2. The molecular weight excluding hydrogens is 286 g/mol. The molecule has 0 radical (unpaired) electrons. The number of hydrogen-bond acceptors (Lipinski definition) is 4. The SMILES string of the molecule is CC(C)OCCCCNc1nc[nH]c(=O)c1Br. The molecular formula is C11H18BrN3O2. The number of anilines is 1. The van der Waals surface area contributed by atoms with E-state index in [1.54, 1.807) is 0 Å². The van der Waals surface area contributed by atoms with Gasteiger partial charge >= 0.3 is 0 Å². The highest BCUT2D eigenvalue weighted by Crippen LogP contribution is 2.12. The molecule has 0 unspecified atom stereocenters. The Hall–Kier alpha value is -0.880. The molecule has 5 nitrogen and oxygen atoms in total. The van der Waals surface area contributed by atoms with Crippen molar-refractivity contribution < 1.29 is 4.74 Å². The normalized spacial score (nSPS) is 10.8. The lowest BCUT2D eigenvalue weighted by Gasteiger charge is -2.08. The van der Waals surface area contributed by atoms with E-state index in [0.29, 0.717) is 10.3 Å². The number of H-pyrrole nitrogens is 1. The number of aromatic nitrogens is 2. The number of ether oxygens (including phenoxy) is 1. The molecule has 0 amide bonds. The number of rotatable bonds is 7. The van der Waals surface area contributed by atoms with Crippen LogP contribution < -0.4 is 10.9 Å². The summed E-state index contributed by atoms with van der Waals surface area (Å²) in [4.78, 5) is 17.8. The first-order valence-electron chi connectivity index (χ1n) is 5.70. The van der Waals surface area contributed by atoms with Crippen molar-refractivity contribution in [3.05, 3.63) is 21.2 Å². The van der Waals surface area contributed by atoms with Gasteiger partial charge in [0.2, 0.25) is 0 Å². The molecule has 0 aromatic carbocycles. The van der Waals surface area contributed by atoms with Gasteiger partial charge in [0.15, 0.2) is 0 Å². The largest absolute Gasteiger partial charge is 0.379 e. The van der Waals surface area contributed by atoms with E-state index in [1.165, 1.54) is 6.33 Å². The molecule has 1 aromatic heterocycles. The van der Waals surface area contributed by atoms with Gasteiger partial charge in [-0.1, -0.05) is 0 Å². The van der Waals surface area contributed by atoms with Crippen molar-refractivity contribution in [1.82, 2.24) is 9.97 Å². The first kappa shape index (κ1) is 14.2. The Morgan fingerprint density at radius 2 is 2.29 bits per heavy atom. The Morgan fingerprint density at radius 3 is 3.00 bits per heavy atom. The highest BCUT2D eigenvalue weighted by Gasteiger charge is 2.03. The van der Waals surface area contributed by atoms with E-state index in [4.69, 9.17) is 4.74 Å². The highest BCUT2D eigenvalue weighted by molar-refractivity contribution is 9.10. The van der Waals surface area contributed by atoms with Crippen molar-refractivity contribution >= 4 is 21.7 Å². The number of aromatic amines is 1. The van der Waals surface area contributed by atoms with Gasteiger partial charge in [0, 0.05) is 13.2 Å². The lowest BCUT2D eigenvalue weighted by Crippen LogP contribution is -2.13. The average Bonchev–Trinajstić information content (AvgIpc) is 2.28. The molecule has 0 spiro atoms. The molecule has 6 heteroatoms. The molecule has 0 aliphatic rings. The first-order valence-corrected chi connectivity index (χ1v) is 6.49. The lowest BCUT2D eigenvalue weighted by molar-refractivity contribution is 0.0765. The molecule has 0 bridgehead atoms. The average molecular weight is 304 g/mol. The summed E-state index contributed by atoms with van der Waals surface area (Å²) in [5.41, 5.74) is -0.175. The van der Waals surface area contributed by atoms with E-state index >= 15 is 0 Å². The summed E-state index contributed by atoms with van der Waals surface area (Å²) in [5.74, 6) is 0.582. The van der Waals surface area contributed by atoms with Gasteiger partial charge in [-0.2, -0.15) is 0 Å². The predicted molar refractivity (Wildman–Crippen MR) is 71.4 cm³/mol. The summed E-state index contributed by atoms with van der Waals surface area (Å²) in [6.07, 6.45) is 3.64. The smallest absolute Gasteiger partial charge is 0.267 e. The second kappa shape index (κ2) is 7.45. The second-order valence-corrected chi connectivity index (χ2v) is 4.74. The number of hydrogen-bond donors (Lipinski definition) is 2. The molecule has 0 fully saturated rings. The Bertz CT molecular complexity index is 393. The van der Waals surface area contributed by atoms with Crippen LogP contribution in [0.5, 0.6) is 0 Å². The quantitative estimate of drug-likeness (QED) is 0.758. The summed E-state index contributed by atoms with van der Waals surface area (Å²) >= 11 is 3.19. The van der Waals surface area contributed by atoms with Gasteiger partial charge in [-0.3, -0.25) is 4.79 Å². The third kappa shape index (κ3) is 5.32. The summed E-state index contributed by atoms with van der Waals surface area (Å²) in [7, 11) is 0. The van der Waals surface area contributed by atoms with Crippen LogP contribution in [0.15, 0.2) is 15.6 Å². The van der Waals surface area contributed by atoms with Crippen LogP contribution in [-0.2, 0) is 4.74 Å². The predicted octanol–water partition coefficient (Wildman–Crippen LogP) is 2.15. The summed E-state index contributed by atoms with van der Waals surface area (Å²) in [6, 6.07) is 0. The monoisotopic (exact) mass is 303 g/mol. The zero-order valence-electron chi connectivity index (χ0n) is 10.1. The van der Waals surface area contributed by atoms with Crippen LogP contribution in [0, 0.1) is 0 Å². The molecule has 96 valence electrons. The number of unbranched alkanes of at least 4 members (excludes halogenated alkanes) is 1. The maximum absolute atomic E-state index is 11.2. The molecule has 0 saturated carbocycles. The minimum Gasteiger partial charge on any atom is -0.379 e. The van der Waals surface area contributed by atoms with Gasteiger partial charge < -0.3 is 15.0 Å². The molecule has 0 aliphatic carbocycles. The van der Waals surface area contributed by atoms with Crippen LogP contribution in [0.3, 0.4) is 0 Å². The van der Waals surface area contributed by atoms with Crippen LogP contribution in [0.4, 0.5) is 5.82 Å². The highest BCUT2D eigenvalue weighted by atomic mass is 79.9. The maximum Gasteiger partial charge on any atom is 0.267 e. The summed E-state index contributed by atoms with van der Waals surface area (Å²) in [5, 5.41) is 3.11. The number of nitrogens with one attached hydrogen (secondary N) is 2. The third-order valence-electron chi connectivity index (χ3n) is 2.11. The van der Waals surface area contributed by atoms with Crippen LogP contribution in [0.2, 0.25) is 0 Å². The van der Waals surface area contributed by atoms with Gasteiger partial charge in [-0.25, -0.2) is 4.98 Å². The van der Waals surface area contributed by atoms with Gasteiger partial charge in [-0.05, 0) is 42.6 Å². The Labute approximate surface area is 109 Å². The van der Waals surface area contributed by atoms with Crippen LogP contribution in [0.25, 0.3) is 0 Å². The summed E-state index contributed by atoms with van der Waals surface area (Å²) < 4.78 is 5.87. The lowest BCUT2D eigenvalue weighted by atomic mass is 10.3. The van der Waals surface area contributed by atoms with Gasteiger partial charge in [0.1, 0.15) is 10.3 Å². The fraction of sp³-hybridized carbons (Fsp3) is 0.636. The van der Waals surface area contributed by atoms with Crippen LogP contribution in [-0.4, -0.2) is 29.2 Å². The zero-order chi connectivity index (χ0) is 12.7. The molecule has 2 N–H and O–H groups in total. The Balaban J connectivity index is 2.23. The van der Waals surface area contributed by atoms with E-state index in [2.05, 4.69) is 31.2 Å². The Morgan fingerprint density at radius 1 is 1.53 bits per heavy atom. The molecule has 0 aliphatic heterocycles. The van der Waals surface area contributed by atoms with Gasteiger partial charge in [0.25, 0.3) is 5.56 Å². The fourth-order valence-corrected chi connectivity index (χ4v) is 1.62. The van der Waals surface area contributed by atoms with E-state index < -0.39 is 0 Å². The van der Waals surface area contributed by atoms with E-state index in [0.717, 1.165) is 26.0 Å². The fourth-order valence-electron chi connectivity index (χ4n) is 1.26. The topological polar surface area (TPSA) is 67.0 Å². The number of nitrogens with zero attached hydrogens (tertiary/aromatic N) is 1. The van der Waals surface area contributed by atoms with Gasteiger partial charge in [-0.15, -0.1) is 0 Å². The van der Waals surface area contributed by atoms with E-state index in [1.807, 2.05) is 13.8 Å². The van der Waals surface area contributed by atoms with Crippen molar-refractivity contribution in [3.8, 4) is 0 Å². The molecule has 1 heterocycles. The van der Waals surface area contributed by atoms with Crippen molar-refractivity contribution in [2.24, 2.45) is 0 Å². The molecule has 0 saturated heterocycles. The van der Waals surface area contributed by atoms with Crippen molar-refractivity contribution in [1.29, 1.82) is 0 Å². The van der Waals surface area contributed by atoms with Gasteiger partial charge in [0.05, 0.1) is 12.4 Å². The molecule has 1 rings (SSSR count). The van der Waals surface area contributed by atoms with Crippen LogP contribution >= 0.6 is 15.9 Å². The minimum absolute atomic E-state index is 0.175. The second-order valence-electron chi connectivity index (χ2n) is 3.95. The van der Waals surface area contributed by atoms with E-state index in [9.17, 15) is 4.79 Å². The number of halogens is 1. The Kier molecular flexibility index (Phi) is 6.21. The molecule has 1 aromatic rings. The van der Waals surface area contributed by atoms with Crippen molar-refractivity contribution in [2.75, 3.05) is 18.5 Å². The summed E-state index contributed by atoms with van der Waals surface area (Å²) in [6.45, 7) is 5.59. The van der Waals surface area contributed by atoms with Crippen LogP contribution in [0.1, 0.15) is 26.7 Å². The molecule has 0 atom stereocenters. The first-order chi connectivity index (χ1) is 8.11. The standard InChI is InChI=1S/C11H18BrN3O2/c1-8(2)17-6-4-3-5-13-10-9(12)11(16)15-7-14-10/h7-8H,3-6H2,1-2H3,(H2,13,14,15,16). The molecule has 17 heavy (non-hydrogen) atoms. The zero-order valence-corrected chi connectivity index (χ0v) is 11.7. The van der Waals surface area contributed by atoms with Crippen molar-refractivity contribution in [2.45, 2.75) is 32.8 Å². The van der Waals surface area contributed by atoms with Crippen molar-refractivity contribution in [3.63, 3.8) is 0 Å². The minimum atomic E-state index is -0.175. The third-order valence-corrected chi connectivity index (χ3v) is 2.85. The van der Waals surface area contributed by atoms with E-state index in [-0.39, 0.29) is 11.7 Å².